The summed E-state index contributed by atoms with van der Waals surface area (Å²) < 4.78 is 68.9. The third-order valence-corrected chi connectivity index (χ3v) is 11.0. The van der Waals surface area contributed by atoms with Crippen molar-refractivity contribution in [2.24, 2.45) is 0 Å². The zero-order valence-corrected chi connectivity index (χ0v) is 24.5. The van der Waals surface area contributed by atoms with E-state index in [-0.39, 0.29) is 6.42 Å². The van der Waals surface area contributed by atoms with E-state index in [0.29, 0.717) is 19.3 Å². The summed E-state index contributed by atoms with van der Waals surface area (Å²) in [4.78, 5) is 55.8. The maximum absolute atomic E-state index is 12.5. The summed E-state index contributed by atoms with van der Waals surface area (Å²) >= 11 is 0. The van der Waals surface area contributed by atoms with Crippen molar-refractivity contribution in [1.29, 1.82) is 0 Å². The zero-order valence-electron chi connectivity index (χ0n) is 21.8. The van der Waals surface area contributed by atoms with Gasteiger partial charge in [0.15, 0.2) is 12.5 Å². The molecule has 5 unspecified atom stereocenters. The Hall–Kier alpha value is -1.77. The Kier molecular flexibility index (Phi) is 10.4. The largest absolute Gasteiger partial charge is 0.488 e. The summed E-state index contributed by atoms with van der Waals surface area (Å²) in [5, 5.41) is 0. The number of aromatic amines is 1. The highest BCUT2D eigenvalue weighted by Crippen LogP contribution is 2.67. The highest BCUT2D eigenvalue weighted by molar-refractivity contribution is 7.68. The fourth-order valence-electron chi connectivity index (χ4n) is 4.39. The molecule has 2 saturated heterocycles. The Morgan fingerprint density at radius 2 is 1.63 bits per heavy atom. The predicted molar refractivity (Wildman–Crippen MR) is 141 cm³/mol. The van der Waals surface area contributed by atoms with Crippen molar-refractivity contribution < 1.29 is 55.7 Å². The molecule has 0 radical (unpaired) electrons. The number of fused-ring (bicyclic) bond motifs is 1. The van der Waals surface area contributed by atoms with E-state index in [1.54, 1.807) is 0 Å². The smallest absolute Gasteiger partial charge is 0.346 e. The molecule has 3 heterocycles. The summed E-state index contributed by atoms with van der Waals surface area (Å²) in [6.07, 6.45) is -2.45. The zero-order chi connectivity index (χ0) is 29.8. The second-order valence-electron chi connectivity index (χ2n) is 9.37. The minimum atomic E-state index is -5.51. The summed E-state index contributed by atoms with van der Waals surface area (Å²) in [5.74, 6) is 0. The molecule has 4 rings (SSSR count). The molecule has 1 aromatic heterocycles. The number of benzene rings is 1. The number of unbranched alkanes of at least 4 members (excludes halogenated alkanes) is 2. The lowest BCUT2D eigenvalue weighted by atomic mass is 10.1. The maximum Gasteiger partial charge on any atom is 0.488 e. The van der Waals surface area contributed by atoms with E-state index in [4.69, 9.17) is 18.7 Å². The summed E-state index contributed by atoms with van der Waals surface area (Å²) in [5.41, 5.74) is -0.565. The molecule has 0 saturated carbocycles. The molecule has 228 valence electrons. The monoisotopic (exact) mass is 640 g/mol. The van der Waals surface area contributed by atoms with Gasteiger partial charge < -0.3 is 28.9 Å². The Morgan fingerprint density at radius 3 is 2.32 bits per heavy atom. The van der Waals surface area contributed by atoms with Gasteiger partial charge in [0, 0.05) is 18.7 Å². The van der Waals surface area contributed by atoms with Gasteiger partial charge in [-0.1, -0.05) is 50.1 Å². The van der Waals surface area contributed by atoms with Crippen LogP contribution in [0.1, 0.15) is 38.0 Å². The second kappa shape index (κ2) is 13.3. The second-order valence-corrected chi connectivity index (χ2v) is 14.5. The minimum absolute atomic E-state index is 0.214. The number of aromatic nitrogens is 2. The standard InChI is InChI=1S/C22H31N2O14P3/c1-2-3-7-12-39(27,28)37-41(31,32)38-40(29,30)33-14-16-19-20(21(34-16)24-11-10-17(25)23-22(24)26)36-18(35-19)13-15-8-5-4-6-9-15/h4-6,8-11,16,18-21H,2-3,7,12-14H2,1H3,(H,27,28)(H,29,30)(H,31,32)(H,23,25,26)/t16-,18?,19+,20?,21-/m1/s1. The molecule has 41 heavy (non-hydrogen) atoms. The van der Waals surface area contributed by atoms with E-state index in [1.165, 1.54) is 6.20 Å². The Morgan fingerprint density at radius 1 is 0.927 bits per heavy atom. The number of hydrogen-bond acceptors (Lipinski definition) is 11. The van der Waals surface area contributed by atoms with Crippen molar-refractivity contribution >= 4 is 23.2 Å². The van der Waals surface area contributed by atoms with Crippen LogP contribution in [0, 0.1) is 0 Å². The van der Waals surface area contributed by atoms with Crippen LogP contribution in [0.2, 0.25) is 0 Å². The van der Waals surface area contributed by atoms with Crippen molar-refractivity contribution in [3.63, 3.8) is 0 Å². The molecule has 2 aliphatic rings. The number of H-pyrrole nitrogens is 1. The van der Waals surface area contributed by atoms with Crippen LogP contribution in [-0.4, -0.2) is 61.6 Å². The van der Waals surface area contributed by atoms with Crippen molar-refractivity contribution in [3.05, 3.63) is 69.0 Å². The molecule has 16 nitrogen and oxygen atoms in total. The molecule has 2 aliphatic heterocycles. The summed E-state index contributed by atoms with van der Waals surface area (Å²) in [7, 11) is -15.5. The first-order chi connectivity index (χ1) is 19.3. The van der Waals surface area contributed by atoms with Gasteiger partial charge >= 0.3 is 28.9 Å². The van der Waals surface area contributed by atoms with Crippen LogP contribution < -0.4 is 11.2 Å². The topological polar surface area (TPSA) is 222 Å². The normalized spacial score (nSPS) is 28.4. The van der Waals surface area contributed by atoms with E-state index in [0.717, 1.165) is 16.2 Å². The van der Waals surface area contributed by atoms with Crippen LogP contribution in [0.3, 0.4) is 0 Å². The average molecular weight is 640 g/mol. The van der Waals surface area contributed by atoms with Crippen LogP contribution >= 0.6 is 23.2 Å². The van der Waals surface area contributed by atoms with E-state index in [1.807, 2.05) is 37.3 Å². The molecule has 8 atom stereocenters. The van der Waals surface area contributed by atoms with Gasteiger partial charge in [-0.3, -0.25) is 23.4 Å². The minimum Gasteiger partial charge on any atom is -0.346 e. The van der Waals surface area contributed by atoms with Crippen molar-refractivity contribution in [2.45, 2.75) is 63.4 Å². The van der Waals surface area contributed by atoms with Gasteiger partial charge in [0.1, 0.15) is 18.3 Å². The number of phosphoric acid groups is 2. The van der Waals surface area contributed by atoms with Crippen molar-refractivity contribution in [2.75, 3.05) is 12.8 Å². The third kappa shape index (κ3) is 8.87. The maximum atomic E-state index is 12.5. The highest BCUT2D eigenvalue weighted by atomic mass is 31.3. The summed E-state index contributed by atoms with van der Waals surface area (Å²) in [6.45, 7) is 1.09. The van der Waals surface area contributed by atoms with Gasteiger partial charge in [0.25, 0.3) is 5.56 Å². The molecule has 0 bridgehead atoms. The van der Waals surface area contributed by atoms with Gasteiger partial charge in [-0.05, 0) is 12.0 Å². The van der Waals surface area contributed by atoms with Crippen LogP contribution in [-0.2, 0) is 47.5 Å². The number of rotatable bonds is 14. The van der Waals surface area contributed by atoms with Crippen LogP contribution in [0.25, 0.3) is 0 Å². The Bertz CT molecular complexity index is 1450. The van der Waals surface area contributed by atoms with E-state index in [9.17, 15) is 38.0 Å². The summed E-state index contributed by atoms with van der Waals surface area (Å²) in [6, 6.07) is 10.3. The van der Waals surface area contributed by atoms with Crippen molar-refractivity contribution in [1.82, 2.24) is 9.55 Å². The quantitative estimate of drug-likeness (QED) is 0.172. The van der Waals surface area contributed by atoms with E-state index >= 15 is 0 Å². The average Bonchev–Trinajstić information content (AvgIpc) is 3.41. The molecule has 0 spiro atoms. The highest BCUT2D eigenvalue weighted by Gasteiger charge is 2.54. The first kappa shape index (κ1) is 32.2. The predicted octanol–water partition coefficient (Wildman–Crippen LogP) is 2.41. The molecule has 19 heteroatoms. The first-order valence-electron chi connectivity index (χ1n) is 12.6. The molecule has 0 aliphatic carbocycles. The van der Waals surface area contributed by atoms with Gasteiger partial charge in [-0.15, -0.1) is 0 Å². The van der Waals surface area contributed by atoms with Gasteiger partial charge in [0.05, 0.1) is 12.8 Å². The Balaban J connectivity index is 1.45. The van der Waals surface area contributed by atoms with Gasteiger partial charge in [0.2, 0.25) is 0 Å². The fourth-order valence-corrected chi connectivity index (χ4v) is 8.58. The van der Waals surface area contributed by atoms with Gasteiger partial charge in [-0.25, -0.2) is 18.2 Å². The molecular weight excluding hydrogens is 609 g/mol. The van der Waals surface area contributed by atoms with Crippen molar-refractivity contribution in [3.8, 4) is 0 Å². The number of phosphoric ester groups is 1. The Labute approximate surface area is 233 Å². The van der Waals surface area contributed by atoms with Crippen LogP contribution in [0.5, 0.6) is 0 Å². The molecule has 4 N–H and O–H groups in total. The molecule has 2 aromatic rings. The van der Waals surface area contributed by atoms with Gasteiger partial charge in [-0.2, -0.15) is 4.31 Å². The lowest BCUT2D eigenvalue weighted by Crippen LogP contribution is -2.36. The molecule has 1 aromatic carbocycles. The van der Waals surface area contributed by atoms with E-state index < -0.39 is 78.1 Å². The number of ether oxygens (including phenoxy) is 3. The number of nitrogens with zero attached hydrogens (tertiary/aromatic N) is 1. The first-order valence-corrected chi connectivity index (χ1v) is 17.4. The SMILES string of the molecule is CCCCCP(=O)(O)OP(=O)(O)OP(=O)(O)OC[C@H]1O[C@@H](n2ccc(=O)[nH]c2=O)C2OC(Cc3ccccc3)O[C@H]21. The fraction of sp³-hybridized carbons (Fsp3) is 0.545. The van der Waals surface area contributed by atoms with Crippen LogP contribution in [0.4, 0.5) is 0 Å². The van der Waals surface area contributed by atoms with E-state index in [2.05, 4.69) is 13.6 Å². The number of nitrogens with one attached hydrogen (secondary N) is 1. The molecule has 0 amide bonds. The van der Waals surface area contributed by atoms with Crippen LogP contribution in [0.15, 0.2) is 52.2 Å². The molecular formula is C22H31N2O14P3. The lowest BCUT2D eigenvalue weighted by molar-refractivity contribution is -0.150. The third-order valence-electron chi connectivity index (χ3n) is 6.16. The number of hydrogen-bond donors (Lipinski definition) is 4. The lowest BCUT2D eigenvalue weighted by Gasteiger charge is -2.22. The molecule has 2 fully saturated rings.